The van der Waals surface area contributed by atoms with Gasteiger partial charge < -0.3 is 10.6 Å². The molecule has 2 unspecified atom stereocenters. The van der Waals surface area contributed by atoms with Gasteiger partial charge in [-0.3, -0.25) is 4.79 Å². The maximum Gasteiger partial charge on any atom is 0.237 e. The molecule has 0 aromatic rings. The lowest BCUT2D eigenvalue weighted by Gasteiger charge is -2.28. The summed E-state index contributed by atoms with van der Waals surface area (Å²) in [4.78, 5) is 11.9. The molecule has 1 aliphatic rings. The number of hydrogen-bond acceptors (Lipinski definition) is 2. The largest absolute Gasteiger partial charge is 0.354 e. The molecule has 0 saturated carbocycles. The molecule has 1 aliphatic heterocycles. The first-order chi connectivity index (χ1) is 7.67. The molecule has 0 bridgehead atoms. The molecule has 3 nitrogen and oxygen atoms in total. The molecule has 0 radical (unpaired) electrons. The third-order valence-electron chi connectivity index (χ3n) is 3.65. The highest BCUT2D eigenvalue weighted by Gasteiger charge is 2.23. The van der Waals surface area contributed by atoms with Crippen molar-refractivity contribution in [2.75, 3.05) is 6.54 Å². The number of nitrogens with one attached hydrogen (secondary N) is 2. The minimum absolute atomic E-state index is 0.0399. The maximum absolute atomic E-state index is 11.9. The topological polar surface area (TPSA) is 41.1 Å². The standard InChI is InChI=1S/C13H26N2O/c1-4-11(5-2)9-14-13(16)12-8-6-7-10(3)15-12/h10-12,15H,4-9H2,1-3H3,(H,14,16). The Hall–Kier alpha value is -0.570. The molecule has 3 heteroatoms. The Labute approximate surface area is 99.4 Å². The number of hydrogen-bond donors (Lipinski definition) is 2. The van der Waals surface area contributed by atoms with E-state index in [1.807, 2.05) is 0 Å². The zero-order valence-electron chi connectivity index (χ0n) is 10.9. The summed E-state index contributed by atoms with van der Waals surface area (Å²) >= 11 is 0. The predicted octanol–water partition coefficient (Wildman–Crippen LogP) is 2.07. The normalized spacial score (nSPS) is 25.8. The van der Waals surface area contributed by atoms with Gasteiger partial charge in [0.1, 0.15) is 0 Å². The van der Waals surface area contributed by atoms with Crippen LogP contribution in [0.4, 0.5) is 0 Å². The zero-order valence-corrected chi connectivity index (χ0v) is 10.9. The zero-order chi connectivity index (χ0) is 12.0. The second kappa shape index (κ2) is 6.89. The first-order valence-corrected chi connectivity index (χ1v) is 6.71. The van der Waals surface area contributed by atoms with Gasteiger partial charge in [0.2, 0.25) is 5.91 Å². The smallest absolute Gasteiger partial charge is 0.237 e. The number of carbonyl (C=O) groups is 1. The van der Waals surface area contributed by atoms with Crippen LogP contribution in [0.5, 0.6) is 0 Å². The van der Waals surface area contributed by atoms with Gasteiger partial charge in [0.25, 0.3) is 0 Å². The Kier molecular flexibility index (Phi) is 5.81. The van der Waals surface area contributed by atoms with Crippen molar-refractivity contribution in [3.8, 4) is 0 Å². The summed E-state index contributed by atoms with van der Waals surface area (Å²) in [6.07, 6.45) is 5.63. The van der Waals surface area contributed by atoms with Crippen molar-refractivity contribution in [2.24, 2.45) is 5.92 Å². The van der Waals surface area contributed by atoms with Gasteiger partial charge in [0.15, 0.2) is 0 Å². The van der Waals surface area contributed by atoms with Crippen LogP contribution in [0.3, 0.4) is 0 Å². The van der Waals surface area contributed by atoms with Crippen LogP contribution in [0, 0.1) is 5.92 Å². The summed E-state index contributed by atoms with van der Waals surface area (Å²) in [5, 5.41) is 6.44. The van der Waals surface area contributed by atoms with Crippen LogP contribution in [0.15, 0.2) is 0 Å². The molecule has 1 fully saturated rings. The van der Waals surface area contributed by atoms with Crippen LogP contribution in [0.1, 0.15) is 52.9 Å². The summed E-state index contributed by atoms with van der Waals surface area (Å²) in [6, 6.07) is 0.524. The molecule has 1 rings (SSSR count). The van der Waals surface area contributed by atoms with E-state index in [1.54, 1.807) is 0 Å². The number of carbonyl (C=O) groups excluding carboxylic acids is 1. The highest BCUT2D eigenvalue weighted by Crippen LogP contribution is 2.12. The van der Waals surface area contributed by atoms with Crippen LogP contribution in [-0.2, 0) is 4.79 Å². The summed E-state index contributed by atoms with van der Waals surface area (Å²) in [5.74, 6) is 0.823. The molecular formula is C13H26N2O. The predicted molar refractivity (Wildman–Crippen MR) is 67.3 cm³/mol. The van der Waals surface area contributed by atoms with Crippen LogP contribution in [0.2, 0.25) is 0 Å². The average Bonchev–Trinajstić information content (AvgIpc) is 2.30. The Bertz CT molecular complexity index is 214. The van der Waals surface area contributed by atoms with E-state index in [0.29, 0.717) is 12.0 Å². The SMILES string of the molecule is CCC(CC)CNC(=O)C1CCCC(C)N1. The van der Waals surface area contributed by atoms with E-state index < -0.39 is 0 Å². The van der Waals surface area contributed by atoms with E-state index in [1.165, 1.54) is 6.42 Å². The molecule has 1 amide bonds. The van der Waals surface area contributed by atoms with Gasteiger partial charge >= 0.3 is 0 Å². The molecule has 2 N–H and O–H groups in total. The van der Waals surface area contributed by atoms with Gasteiger partial charge in [-0.1, -0.05) is 26.7 Å². The monoisotopic (exact) mass is 226 g/mol. The molecule has 0 spiro atoms. The first-order valence-electron chi connectivity index (χ1n) is 6.71. The fourth-order valence-corrected chi connectivity index (χ4v) is 2.29. The maximum atomic E-state index is 11.9. The molecule has 94 valence electrons. The number of rotatable bonds is 5. The number of amides is 1. The first kappa shape index (κ1) is 13.5. The Morgan fingerprint density at radius 3 is 2.62 bits per heavy atom. The lowest BCUT2D eigenvalue weighted by atomic mass is 9.98. The van der Waals surface area contributed by atoms with Gasteiger partial charge in [-0.2, -0.15) is 0 Å². The van der Waals surface area contributed by atoms with Crippen LogP contribution in [0.25, 0.3) is 0 Å². The van der Waals surface area contributed by atoms with Crippen molar-refractivity contribution in [1.29, 1.82) is 0 Å². The molecule has 1 heterocycles. The molecule has 2 atom stereocenters. The van der Waals surface area contributed by atoms with Crippen molar-refractivity contribution in [3.05, 3.63) is 0 Å². The average molecular weight is 226 g/mol. The fraction of sp³-hybridized carbons (Fsp3) is 0.923. The van der Waals surface area contributed by atoms with Crippen LogP contribution in [-0.4, -0.2) is 24.5 Å². The van der Waals surface area contributed by atoms with Crippen molar-refractivity contribution in [3.63, 3.8) is 0 Å². The molecule has 1 saturated heterocycles. The highest BCUT2D eigenvalue weighted by atomic mass is 16.2. The van der Waals surface area contributed by atoms with E-state index in [-0.39, 0.29) is 11.9 Å². The van der Waals surface area contributed by atoms with Gasteiger partial charge in [-0.15, -0.1) is 0 Å². The summed E-state index contributed by atoms with van der Waals surface area (Å²) in [7, 11) is 0. The van der Waals surface area contributed by atoms with Crippen LogP contribution < -0.4 is 10.6 Å². The van der Waals surface area contributed by atoms with Gasteiger partial charge in [0.05, 0.1) is 6.04 Å². The van der Waals surface area contributed by atoms with Crippen molar-refractivity contribution >= 4 is 5.91 Å². The van der Waals surface area contributed by atoms with Crippen LogP contribution >= 0.6 is 0 Å². The highest BCUT2D eigenvalue weighted by molar-refractivity contribution is 5.81. The molecule has 0 aromatic heterocycles. The van der Waals surface area contributed by atoms with Crippen molar-refractivity contribution in [1.82, 2.24) is 10.6 Å². The summed E-state index contributed by atoms with van der Waals surface area (Å²) < 4.78 is 0. The van der Waals surface area contributed by atoms with Gasteiger partial charge in [-0.25, -0.2) is 0 Å². The summed E-state index contributed by atoms with van der Waals surface area (Å²) in [5.41, 5.74) is 0. The molecule has 0 aliphatic carbocycles. The lowest BCUT2D eigenvalue weighted by molar-refractivity contribution is -0.124. The third-order valence-corrected chi connectivity index (χ3v) is 3.65. The minimum atomic E-state index is 0.0399. The van der Waals surface area contributed by atoms with Gasteiger partial charge in [-0.05, 0) is 32.1 Å². The number of piperidine rings is 1. The van der Waals surface area contributed by atoms with E-state index in [2.05, 4.69) is 31.4 Å². The Balaban J connectivity index is 2.28. The van der Waals surface area contributed by atoms with E-state index in [0.717, 1.165) is 32.2 Å². The molecule has 16 heavy (non-hydrogen) atoms. The van der Waals surface area contributed by atoms with E-state index in [4.69, 9.17) is 0 Å². The lowest BCUT2D eigenvalue weighted by Crippen LogP contribution is -2.50. The van der Waals surface area contributed by atoms with Gasteiger partial charge in [0, 0.05) is 12.6 Å². The summed E-state index contributed by atoms with van der Waals surface area (Å²) in [6.45, 7) is 7.35. The van der Waals surface area contributed by atoms with Crippen molar-refractivity contribution < 1.29 is 4.79 Å². The Morgan fingerprint density at radius 2 is 2.06 bits per heavy atom. The van der Waals surface area contributed by atoms with E-state index in [9.17, 15) is 4.79 Å². The Morgan fingerprint density at radius 1 is 1.38 bits per heavy atom. The second-order valence-corrected chi connectivity index (χ2v) is 4.98. The van der Waals surface area contributed by atoms with E-state index >= 15 is 0 Å². The quantitative estimate of drug-likeness (QED) is 0.753. The second-order valence-electron chi connectivity index (χ2n) is 4.98. The third kappa shape index (κ3) is 4.12. The molecule has 0 aromatic carbocycles. The van der Waals surface area contributed by atoms with Crippen molar-refractivity contribution in [2.45, 2.75) is 65.0 Å². The minimum Gasteiger partial charge on any atom is -0.354 e. The molecular weight excluding hydrogens is 200 g/mol. The fourth-order valence-electron chi connectivity index (χ4n) is 2.29.